The zero-order valence-corrected chi connectivity index (χ0v) is 13.6. The maximum Gasteiger partial charge on any atom is 0.320 e. The van der Waals surface area contributed by atoms with Gasteiger partial charge < -0.3 is 0 Å². The summed E-state index contributed by atoms with van der Waals surface area (Å²) in [5.41, 5.74) is 1.65. The lowest BCUT2D eigenvalue weighted by Crippen LogP contribution is -2.18. The Kier molecular flexibility index (Phi) is 4.25. The Bertz CT molecular complexity index is 944. The van der Waals surface area contributed by atoms with E-state index in [-0.39, 0.29) is 17.3 Å². The van der Waals surface area contributed by atoms with Crippen molar-refractivity contribution < 1.29 is 9.72 Å². The van der Waals surface area contributed by atoms with Crippen LogP contribution in [0.4, 0.5) is 11.6 Å². The van der Waals surface area contributed by atoms with Crippen molar-refractivity contribution in [1.29, 1.82) is 0 Å². The fourth-order valence-electron chi connectivity index (χ4n) is 2.37. The van der Waals surface area contributed by atoms with Gasteiger partial charge in [0.1, 0.15) is 12.5 Å². The van der Waals surface area contributed by atoms with Crippen LogP contribution in [0.2, 0.25) is 0 Å². The summed E-state index contributed by atoms with van der Waals surface area (Å²) >= 11 is 0. The molecule has 2 heterocycles. The molecule has 1 N–H and O–H groups in total. The Morgan fingerprint density at radius 2 is 2.12 bits per heavy atom. The number of carbonyl (C=O) groups excluding carboxylic acids is 1. The SMILES string of the molecule is Cc1ccccc1Cn1cnc(NC(=O)c2c([N+](=O)[O-])cnn2C)n1. The Morgan fingerprint density at radius 3 is 2.84 bits per heavy atom. The van der Waals surface area contributed by atoms with E-state index in [0.29, 0.717) is 6.54 Å². The summed E-state index contributed by atoms with van der Waals surface area (Å²) in [5.74, 6) is -0.630. The molecule has 0 atom stereocenters. The molecular weight excluding hydrogens is 326 g/mol. The van der Waals surface area contributed by atoms with Gasteiger partial charge in [-0.2, -0.15) is 5.10 Å². The summed E-state index contributed by atoms with van der Waals surface area (Å²) in [5, 5.41) is 21.3. The highest BCUT2D eigenvalue weighted by molar-refractivity contribution is 6.04. The third-order valence-corrected chi connectivity index (χ3v) is 3.69. The van der Waals surface area contributed by atoms with Crippen LogP contribution in [0.3, 0.4) is 0 Å². The van der Waals surface area contributed by atoms with Crippen molar-refractivity contribution >= 4 is 17.5 Å². The molecule has 2 aromatic heterocycles. The van der Waals surface area contributed by atoms with Crippen molar-refractivity contribution in [3.63, 3.8) is 0 Å². The van der Waals surface area contributed by atoms with E-state index in [1.165, 1.54) is 13.4 Å². The number of amides is 1. The van der Waals surface area contributed by atoms with Crippen LogP contribution in [0.1, 0.15) is 21.6 Å². The van der Waals surface area contributed by atoms with Crippen molar-refractivity contribution in [2.75, 3.05) is 5.32 Å². The van der Waals surface area contributed by atoms with Crippen LogP contribution in [-0.2, 0) is 13.6 Å². The molecule has 0 unspecified atom stereocenters. The monoisotopic (exact) mass is 341 g/mol. The molecule has 25 heavy (non-hydrogen) atoms. The van der Waals surface area contributed by atoms with Gasteiger partial charge in [0, 0.05) is 7.05 Å². The minimum atomic E-state index is -0.694. The lowest BCUT2D eigenvalue weighted by atomic mass is 10.1. The molecule has 1 amide bonds. The summed E-state index contributed by atoms with van der Waals surface area (Å²) in [6.45, 7) is 2.50. The second-order valence-electron chi connectivity index (χ2n) is 5.41. The van der Waals surface area contributed by atoms with E-state index in [4.69, 9.17) is 0 Å². The van der Waals surface area contributed by atoms with Crippen LogP contribution in [-0.4, -0.2) is 35.4 Å². The second kappa shape index (κ2) is 6.51. The van der Waals surface area contributed by atoms with Crippen molar-refractivity contribution in [2.45, 2.75) is 13.5 Å². The molecule has 0 aliphatic rings. The highest BCUT2D eigenvalue weighted by Crippen LogP contribution is 2.18. The third-order valence-electron chi connectivity index (χ3n) is 3.69. The van der Waals surface area contributed by atoms with Crippen molar-refractivity contribution in [3.8, 4) is 0 Å². The standard InChI is InChI=1S/C15H15N7O3/c1-10-5-3-4-6-11(10)8-21-9-16-15(19-21)18-14(23)13-12(22(24)25)7-17-20(13)2/h3-7,9H,8H2,1-2H3,(H,18,19,23). The van der Waals surface area contributed by atoms with Crippen LogP contribution in [0.15, 0.2) is 36.8 Å². The first kappa shape index (κ1) is 16.3. The Hall–Kier alpha value is -3.56. The minimum absolute atomic E-state index is 0.0640. The largest absolute Gasteiger partial charge is 0.320 e. The number of carbonyl (C=O) groups is 1. The smallest absolute Gasteiger partial charge is 0.288 e. The Labute approximate surface area is 142 Å². The van der Waals surface area contributed by atoms with E-state index in [0.717, 1.165) is 22.0 Å². The molecule has 0 saturated carbocycles. The average molecular weight is 341 g/mol. The molecule has 1 aromatic carbocycles. The van der Waals surface area contributed by atoms with Crippen molar-refractivity contribution in [3.05, 3.63) is 63.7 Å². The number of benzene rings is 1. The first-order valence-corrected chi connectivity index (χ1v) is 7.37. The van der Waals surface area contributed by atoms with Crippen LogP contribution in [0.5, 0.6) is 0 Å². The van der Waals surface area contributed by atoms with E-state index < -0.39 is 10.8 Å². The second-order valence-corrected chi connectivity index (χ2v) is 5.41. The number of rotatable bonds is 5. The number of nitrogens with zero attached hydrogens (tertiary/aromatic N) is 6. The number of anilines is 1. The number of aryl methyl sites for hydroxylation is 2. The van der Waals surface area contributed by atoms with Crippen LogP contribution < -0.4 is 5.32 Å². The zero-order chi connectivity index (χ0) is 18.0. The topological polar surface area (TPSA) is 121 Å². The molecule has 10 nitrogen and oxygen atoms in total. The number of hydrogen-bond donors (Lipinski definition) is 1. The fourth-order valence-corrected chi connectivity index (χ4v) is 2.37. The summed E-state index contributed by atoms with van der Waals surface area (Å²) in [4.78, 5) is 26.6. The number of nitro groups is 1. The number of aromatic nitrogens is 5. The molecule has 3 aromatic rings. The molecule has 0 aliphatic heterocycles. The molecular formula is C15H15N7O3. The van der Waals surface area contributed by atoms with Gasteiger partial charge in [-0.15, -0.1) is 5.10 Å². The summed E-state index contributed by atoms with van der Waals surface area (Å²) in [7, 11) is 1.45. The maximum atomic E-state index is 12.3. The minimum Gasteiger partial charge on any atom is -0.288 e. The predicted molar refractivity (Wildman–Crippen MR) is 88.1 cm³/mol. The van der Waals surface area contributed by atoms with Gasteiger partial charge >= 0.3 is 5.69 Å². The van der Waals surface area contributed by atoms with Gasteiger partial charge in [-0.1, -0.05) is 24.3 Å². The number of nitrogens with one attached hydrogen (secondary N) is 1. The molecule has 0 bridgehead atoms. The van der Waals surface area contributed by atoms with Gasteiger partial charge in [0.25, 0.3) is 5.91 Å². The Balaban J connectivity index is 1.76. The molecule has 0 spiro atoms. The Morgan fingerprint density at radius 1 is 1.36 bits per heavy atom. The van der Waals surface area contributed by atoms with Crippen LogP contribution in [0, 0.1) is 17.0 Å². The third kappa shape index (κ3) is 3.37. The normalized spacial score (nSPS) is 10.6. The van der Waals surface area contributed by atoms with Gasteiger partial charge in [-0.05, 0) is 18.1 Å². The zero-order valence-electron chi connectivity index (χ0n) is 13.6. The highest BCUT2D eigenvalue weighted by atomic mass is 16.6. The van der Waals surface area contributed by atoms with Gasteiger partial charge in [0.15, 0.2) is 0 Å². The lowest BCUT2D eigenvalue weighted by Gasteiger charge is -2.04. The lowest BCUT2D eigenvalue weighted by molar-refractivity contribution is -0.385. The summed E-state index contributed by atoms with van der Waals surface area (Å²) < 4.78 is 2.72. The van der Waals surface area contributed by atoms with E-state index in [2.05, 4.69) is 20.5 Å². The van der Waals surface area contributed by atoms with Crippen LogP contribution in [0.25, 0.3) is 0 Å². The molecule has 128 valence electrons. The van der Waals surface area contributed by atoms with E-state index >= 15 is 0 Å². The average Bonchev–Trinajstić information content (AvgIpc) is 3.16. The summed E-state index contributed by atoms with van der Waals surface area (Å²) in [6, 6.07) is 7.86. The van der Waals surface area contributed by atoms with E-state index in [9.17, 15) is 14.9 Å². The molecule has 0 radical (unpaired) electrons. The predicted octanol–water partition coefficient (Wildman–Crippen LogP) is 1.53. The first-order chi connectivity index (χ1) is 12.0. The molecule has 0 fully saturated rings. The molecule has 3 rings (SSSR count). The van der Waals surface area contributed by atoms with Gasteiger partial charge in [0.2, 0.25) is 11.6 Å². The molecule has 0 saturated heterocycles. The highest BCUT2D eigenvalue weighted by Gasteiger charge is 2.26. The van der Waals surface area contributed by atoms with Crippen LogP contribution >= 0.6 is 0 Å². The van der Waals surface area contributed by atoms with Gasteiger partial charge in [-0.3, -0.25) is 24.9 Å². The quantitative estimate of drug-likeness (QED) is 0.555. The fraction of sp³-hybridized carbons (Fsp3) is 0.200. The van der Waals surface area contributed by atoms with Gasteiger partial charge in [-0.25, -0.2) is 9.67 Å². The maximum absolute atomic E-state index is 12.3. The molecule has 0 aliphatic carbocycles. The van der Waals surface area contributed by atoms with E-state index in [1.54, 1.807) is 4.68 Å². The first-order valence-electron chi connectivity index (χ1n) is 7.37. The van der Waals surface area contributed by atoms with E-state index in [1.807, 2.05) is 31.2 Å². The molecule has 10 heteroatoms. The summed E-state index contributed by atoms with van der Waals surface area (Å²) in [6.07, 6.45) is 2.51. The number of hydrogen-bond acceptors (Lipinski definition) is 6. The van der Waals surface area contributed by atoms with Crippen molar-refractivity contribution in [2.24, 2.45) is 7.05 Å². The van der Waals surface area contributed by atoms with Crippen molar-refractivity contribution in [1.82, 2.24) is 24.5 Å². The van der Waals surface area contributed by atoms with Gasteiger partial charge in [0.05, 0.1) is 11.5 Å².